The average Bonchev–Trinajstić information content (AvgIpc) is 3.09. The van der Waals surface area contributed by atoms with Crippen molar-refractivity contribution in [3.05, 3.63) is 54.0 Å². The SMILES string of the molecule is CCCn1c(C2CNc3ccccc32)nc2cccnc21. The van der Waals surface area contributed by atoms with E-state index < -0.39 is 0 Å². The Bertz CT molecular complexity index is 790. The Morgan fingerprint density at radius 3 is 3.05 bits per heavy atom. The molecule has 1 N–H and O–H groups in total. The number of anilines is 1. The Morgan fingerprint density at radius 2 is 2.14 bits per heavy atom. The minimum atomic E-state index is 0.307. The Labute approximate surface area is 123 Å². The van der Waals surface area contributed by atoms with Gasteiger partial charge in [-0.2, -0.15) is 0 Å². The molecule has 0 amide bonds. The highest BCUT2D eigenvalue weighted by Crippen LogP contribution is 2.36. The van der Waals surface area contributed by atoms with Crippen LogP contribution in [0.5, 0.6) is 0 Å². The number of rotatable bonds is 3. The second kappa shape index (κ2) is 4.88. The van der Waals surface area contributed by atoms with Crippen molar-refractivity contribution in [2.45, 2.75) is 25.8 Å². The monoisotopic (exact) mass is 278 g/mol. The van der Waals surface area contributed by atoms with E-state index in [9.17, 15) is 0 Å². The van der Waals surface area contributed by atoms with Gasteiger partial charge in [0.15, 0.2) is 5.65 Å². The van der Waals surface area contributed by atoms with Crippen molar-refractivity contribution < 1.29 is 0 Å². The third kappa shape index (κ3) is 1.90. The molecule has 2 aromatic heterocycles. The van der Waals surface area contributed by atoms with Gasteiger partial charge in [0.05, 0.1) is 5.92 Å². The lowest BCUT2D eigenvalue weighted by Gasteiger charge is -2.13. The van der Waals surface area contributed by atoms with Crippen molar-refractivity contribution >= 4 is 16.9 Å². The van der Waals surface area contributed by atoms with Gasteiger partial charge in [0.25, 0.3) is 0 Å². The fourth-order valence-electron chi connectivity index (χ4n) is 3.20. The van der Waals surface area contributed by atoms with E-state index in [-0.39, 0.29) is 0 Å². The molecule has 3 heterocycles. The highest BCUT2D eigenvalue weighted by atomic mass is 15.1. The van der Waals surface area contributed by atoms with Gasteiger partial charge in [0.2, 0.25) is 0 Å². The number of nitrogens with zero attached hydrogens (tertiary/aromatic N) is 3. The third-order valence-corrected chi connectivity index (χ3v) is 4.13. The van der Waals surface area contributed by atoms with Crippen molar-refractivity contribution in [3.8, 4) is 0 Å². The highest BCUT2D eigenvalue weighted by molar-refractivity contribution is 5.72. The second-order valence-corrected chi connectivity index (χ2v) is 5.49. The number of aromatic nitrogens is 3. The maximum Gasteiger partial charge on any atom is 0.160 e. The van der Waals surface area contributed by atoms with Crippen LogP contribution in [0.25, 0.3) is 11.2 Å². The summed E-state index contributed by atoms with van der Waals surface area (Å²) in [6.07, 6.45) is 2.93. The second-order valence-electron chi connectivity index (χ2n) is 5.49. The average molecular weight is 278 g/mol. The molecule has 1 aliphatic rings. The molecule has 1 aliphatic heterocycles. The van der Waals surface area contributed by atoms with Gasteiger partial charge in [-0.3, -0.25) is 0 Å². The van der Waals surface area contributed by atoms with E-state index in [2.05, 4.69) is 46.1 Å². The molecule has 0 fully saturated rings. The minimum absolute atomic E-state index is 0.307. The van der Waals surface area contributed by atoms with Crippen molar-refractivity contribution in [2.24, 2.45) is 0 Å². The molecule has 0 radical (unpaired) electrons. The van der Waals surface area contributed by atoms with Gasteiger partial charge in [-0.25, -0.2) is 9.97 Å². The van der Waals surface area contributed by atoms with Crippen LogP contribution in [0.4, 0.5) is 5.69 Å². The highest BCUT2D eigenvalue weighted by Gasteiger charge is 2.28. The zero-order chi connectivity index (χ0) is 14.2. The number of imidazole rings is 1. The van der Waals surface area contributed by atoms with Crippen LogP contribution in [0.2, 0.25) is 0 Å². The topological polar surface area (TPSA) is 42.7 Å². The molecule has 0 saturated heterocycles. The molecule has 106 valence electrons. The van der Waals surface area contributed by atoms with Crippen LogP contribution in [0.1, 0.15) is 30.7 Å². The van der Waals surface area contributed by atoms with Crippen LogP contribution < -0.4 is 5.32 Å². The van der Waals surface area contributed by atoms with E-state index in [1.807, 2.05) is 18.3 Å². The number of hydrogen-bond donors (Lipinski definition) is 1. The zero-order valence-electron chi connectivity index (χ0n) is 12.1. The number of nitrogens with one attached hydrogen (secondary N) is 1. The summed E-state index contributed by atoms with van der Waals surface area (Å²) in [6.45, 7) is 4.06. The molecule has 3 aromatic rings. The van der Waals surface area contributed by atoms with E-state index in [1.165, 1.54) is 11.3 Å². The standard InChI is InChI=1S/C17H18N4/c1-2-10-21-16(20-15-8-5-9-18-17(15)21)13-11-19-14-7-4-3-6-12(13)14/h3-9,13,19H,2,10-11H2,1H3. The normalized spacial score (nSPS) is 16.9. The summed E-state index contributed by atoms with van der Waals surface area (Å²) in [5.41, 5.74) is 4.56. The lowest BCUT2D eigenvalue weighted by atomic mass is 10.0. The van der Waals surface area contributed by atoms with Crippen molar-refractivity contribution in [3.63, 3.8) is 0 Å². The number of hydrogen-bond acceptors (Lipinski definition) is 3. The summed E-state index contributed by atoms with van der Waals surface area (Å²) >= 11 is 0. The van der Waals surface area contributed by atoms with E-state index in [0.29, 0.717) is 5.92 Å². The van der Waals surface area contributed by atoms with Gasteiger partial charge in [-0.15, -0.1) is 0 Å². The molecule has 21 heavy (non-hydrogen) atoms. The molecule has 1 atom stereocenters. The van der Waals surface area contributed by atoms with Crippen molar-refractivity contribution in [1.29, 1.82) is 0 Å². The van der Waals surface area contributed by atoms with Crippen molar-refractivity contribution in [2.75, 3.05) is 11.9 Å². The van der Waals surface area contributed by atoms with E-state index >= 15 is 0 Å². The molecule has 1 aromatic carbocycles. The first-order chi connectivity index (χ1) is 10.4. The number of para-hydroxylation sites is 1. The molecule has 0 aliphatic carbocycles. The maximum atomic E-state index is 4.87. The minimum Gasteiger partial charge on any atom is -0.384 e. The lowest BCUT2D eigenvalue weighted by Crippen LogP contribution is -2.12. The number of aryl methyl sites for hydroxylation is 1. The lowest BCUT2D eigenvalue weighted by molar-refractivity contribution is 0.631. The quantitative estimate of drug-likeness (QED) is 0.798. The van der Waals surface area contributed by atoms with Gasteiger partial charge in [-0.05, 0) is 30.2 Å². The summed E-state index contributed by atoms with van der Waals surface area (Å²) in [5, 5.41) is 3.49. The molecule has 4 rings (SSSR count). The summed E-state index contributed by atoms with van der Waals surface area (Å²) in [5.74, 6) is 1.44. The summed E-state index contributed by atoms with van der Waals surface area (Å²) in [6, 6.07) is 12.5. The molecule has 0 spiro atoms. The van der Waals surface area contributed by atoms with Crippen LogP contribution in [-0.2, 0) is 6.54 Å². The van der Waals surface area contributed by atoms with E-state index in [4.69, 9.17) is 4.98 Å². The van der Waals surface area contributed by atoms with Gasteiger partial charge >= 0.3 is 0 Å². The fourth-order valence-corrected chi connectivity index (χ4v) is 3.20. The molecule has 1 unspecified atom stereocenters. The van der Waals surface area contributed by atoms with Crippen LogP contribution in [0.15, 0.2) is 42.6 Å². The van der Waals surface area contributed by atoms with Crippen molar-refractivity contribution in [1.82, 2.24) is 14.5 Å². The molecule has 0 bridgehead atoms. The Kier molecular flexibility index (Phi) is 2.88. The predicted molar refractivity (Wildman–Crippen MR) is 84.6 cm³/mol. The maximum absolute atomic E-state index is 4.87. The third-order valence-electron chi connectivity index (χ3n) is 4.13. The molecule has 4 heteroatoms. The Balaban J connectivity index is 1.89. The number of pyridine rings is 1. The predicted octanol–water partition coefficient (Wildman–Crippen LogP) is 3.40. The zero-order valence-corrected chi connectivity index (χ0v) is 12.1. The molecular weight excluding hydrogens is 260 g/mol. The largest absolute Gasteiger partial charge is 0.384 e. The van der Waals surface area contributed by atoms with E-state index in [0.717, 1.165) is 36.5 Å². The summed E-state index contributed by atoms with van der Waals surface area (Å²) in [4.78, 5) is 9.40. The van der Waals surface area contributed by atoms with Gasteiger partial charge in [0.1, 0.15) is 11.3 Å². The summed E-state index contributed by atoms with van der Waals surface area (Å²) < 4.78 is 2.28. The first-order valence-corrected chi connectivity index (χ1v) is 7.52. The van der Waals surface area contributed by atoms with Gasteiger partial charge in [-0.1, -0.05) is 25.1 Å². The Hall–Kier alpha value is -2.36. The van der Waals surface area contributed by atoms with Gasteiger partial charge < -0.3 is 9.88 Å². The van der Waals surface area contributed by atoms with Crippen LogP contribution in [-0.4, -0.2) is 21.1 Å². The number of fused-ring (bicyclic) bond motifs is 2. The van der Waals surface area contributed by atoms with Crippen LogP contribution in [0, 0.1) is 0 Å². The first-order valence-electron chi connectivity index (χ1n) is 7.52. The molecular formula is C17H18N4. The van der Waals surface area contributed by atoms with Crippen LogP contribution >= 0.6 is 0 Å². The number of benzene rings is 1. The first kappa shape index (κ1) is 12.4. The molecule has 4 nitrogen and oxygen atoms in total. The summed E-state index contributed by atoms with van der Waals surface area (Å²) in [7, 11) is 0. The smallest absolute Gasteiger partial charge is 0.160 e. The van der Waals surface area contributed by atoms with Gasteiger partial charge in [0, 0.05) is 25.0 Å². The fraction of sp³-hybridized carbons (Fsp3) is 0.294. The van der Waals surface area contributed by atoms with E-state index in [1.54, 1.807) is 0 Å². The van der Waals surface area contributed by atoms with Crippen LogP contribution in [0.3, 0.4) is 0 Å². The Morgan fingerprint density at radius 1 is 1.24 bits per heavy atom. The molecule has 0 saturated carbocycles.